The van der Waals surface area contributed by atoms with Gasteiger partial charge in [-0.1, -0.05) is 0 Å². The highest BCUT2D eigenvalue weighted by molar-refractivity contribution is 9.11. The van der Waals surface area contributed by atoms with Gasteiger partial charge in [0.2, 0.25) is 0 Å². The Hall–Kier alpha value is 0.290. The number of rotatable bonds is 3. The Balaban J connectivity index is 3.06. The molecule has 0 bridgehead atoms. The van der Waals surface area contributed by atoms with E-state index < -0.39 is 0 Å². The summed E-state index contributed by atoms with van der Waals surface area (Å²) in [7, 11) is 3.54. The highest BCUT2D eigenvalue weighted by Crippen LogP contribution is 2.35. The maximum Gasteiger partial charge on any atom is 0.134 e. The van der Waals surface area contributed by atoms with Crippen LogP contribution in [0.4, 0.5) is 0 Å². The van der Waals surface area contributed by atoms with E-state index in [1.165, 1.54) is 0 Å². The number of hydrogen-bond acceptors (Lipinski definition) is 3. The van der Waals surface area contributed by atoms with E-state index in [4.69, 9.17) is 4.74 Å². The molecule has 1 rings (SSSR count). The van der Waals surface area contributed by atoms with E-state index in [0.29, 0.717) is 0 Å². The minimum Gasteiger partial charge on any atom is -0.496 e. The molecule has 0 amide bonds. The normalized spacial score (nSPS) is 10.2. The van der Waals surface area contributed by atoms with Crippen molar-refractivity contribution in [3.05, 3.63) is 21.1 Å². The van der Waals surface area contributed by atoms with Crippen LogP contribution in [0.2, 0.25) is 0 Å². The summed E-state index contributed by atoms with van der Waals surface area (Å²) in [5.41, 5.74) is 0. The van der Waals surface area contributed by atoms with Crippen LogP contribution in [0, 0.1) is 0 Å². The second kappa shape index (κ2) is 5.24. The Labute approximate surface area is 98.8 Å². The molecule has 0 aliphatic heterocycles. The molecule has 72 valence electrons. The molecule has 1 N–H and O–H groups in total. The summed E-state index contributed by atoms with van der Waals surface area (Å²) >= 11 is 8.42. The second-order valence-corrected chi connectivity index (χ2v) is 4.98. The van der Waals surface area contributed by atoms with Crippen molar-refractivity contribution in [1.82, 2.24) is 4.72 Å². The number of methoxy groups -OCH3 is 1. The van der Waals surface area contributed by atoms with Gasteiger partial charge >= 0.3 is 0 Å². The Kier molecular flexibility index (Phi) is 4.58. The quantitative estimate of drug-likeness (QED) is 0.860. The first kappa shape index (κ1) is 11.4. The molecule has 0 radical (unpaired) electrons. The van der Waals surface area contributed by atoms with Gasteiger partial charge in [0, 0.05) is 9.37 Å². The minimum absolute atomic E-state index is 0.834. The zero-order valence-electron chi connectivity index (χ0n) is 7.23. The van der Waals surface area contributed by atoms with Gasteiger partial charge in [-0.25, -0.2) is 0 Å². The number of ether oxygens (including phenoxy) is 1. The van der Waals surface area contributed by atoms with Gasteiger partial charge in [0.15, 0.2) is 0 Å². The number of nitrogens with one attached hydrogen (secondary N) is 1. The monoisotopic (exact) mass is 325 g/mol. The largest absolute Gasteiger partial charge is 0.496 e. The molecule has 1 aromatic carbocycles. The topological polar surface area (TPSA) is 21.3 Å². The standard InChI is InChI=1S/C8H9Br2NOS/c1-11-13-8-4-7(12-2)5(9)3-6(8)10/h3-4,11H,1-2H3. The average Bonchev–Trinajstić information content (AvgIpc) is 2.10. The third-order valence-electron chi connectivity index (χ3n) is 1.42. The zero-order valence-corrected chi connectivity index (χ0v) is 11.2. The number of halogens is 2. The number of benzene rings is 1. The smallest absolute Gasteiger partial charge is 0.134 e. The zero-order chi connectivity index (χ0) is 9.84. The van der Waals surface area contributed by atoms with Crippen LogP contribution in [-0.4, -0.2) is 14.2 Å². The van der Waals surface area contributed by atoms with Crippen molar-refractivity contribution in [2.45, 2.75) is 4.90 Å². The van der Waals surface area contributed by atoms with Crippen LogP contribution in [0.1, 0.15) is 0 Å². The van der Waals surface area contributed by atoms with E-state index in [0.717, 1.165) is 19.6 Å². The van der Waals surface area contributed by atoms with Crippen LogP contribution in [0.25, 0.3) is 0 Å². The Morgan fingerprint density at radius 2 is 2.00 bits per heavy atom. The average molecular weight is 327 g/mol. The molecule has 0 unspecified atom stereocenters. The fourth-order valence-electron chi connectivity index (χ4n) is 0.855. The lowest BCUT2D eigenvalue weighted by molar-refractivity contribution is 0.411. The molecular weight excluding hydrogens is 318 g/mol. The van der Waals surface area contributed by atoms with Crippen LogP contribution in [0.5, 0.6) is 5.75 Å². The fourth-order valence-corrected chi connectivity index (χ4v) is 2.80. The van der Waals surface area contributed by atoms with Crippen molar-refractivity contribution in [2.24, 2.45) is 0 Å². The van der Waals surface area contributed by atoms with Crippen molar-refractivity contribution in [3.8, 4) is 5.75 Å². The van der Waals surface area contributed by atoms with Gasteiger partial charge in [0.05, 0.1) is 11.6 Å². The lowest BCUT2D eigenvalue weighted by Crippen LogP contribution is -1.93. The third-order valence-corrected chi connectivity index (χ3v) is 3.72. The fraction of sp³-hybridized carbons (Fsp3) is 0.250. The Bertz CT molecular complexity index is 306. The molecule has 0 saturated carbocycles. The molecule has 2 nitrogen and oxygen atoms in total. The second-order valence-electron chi connectivity index (χ2n) is 2.22. The molecule has 0 aliphatic carbocycles. The van der Waals surface area contributed by atoms with Gasteiger partial charge < -0.3 is 4.74 Å². The molecule has 13 heavy (non-hydrogen) atoms. The highest BCUT2D eigenvalue weighted by atomic mass is 79.9. The SMILES string of the molecule is CNSc1cc(OC)c(Br)cc1Br. The van der Waals surface area contributed by atoms with Gasteiger partial charge in [0.25, 0.3) is 0 Å². The molecule has 0 spiro atoms. The molecular formula is C8H9Br2NOS. The predicted octanol–water partition coefficient (Wildman–Crippen LogP) is 3.45. The first-order chi connectivity index (χ1) is 6.19. The first-order valence-corrected chi connectivity index (χ1v) is 5.96. The summed E-state index contributed by atoms with van der Waals surface area (Å²) < 4.78 is 10.2. The Morgan fingerprint density at radius 1 is 1.31 bits per heavy atom. The lowest BCUT2D eigenvalue weighted by atomic mass is 10.3. The molecule has 0 atom stereocenters. The predicted molar refractivity (Wildman–Crippen MR) is 63.3 cm³/mol. The van der Waals surface area contributed by atoms with Gasteiger partial charge in [-0.15, -0.1) is 0 Å². The molecule has 0 heterocycles. The van der Waals surface area contributed by atoms with Crippen LogP contribution in [0.15, 0.2) is 26.0 Å². The van der Waals surface area contributed by atoms with Gasteiger partial charge in [-0.3, -0.25) is 4.72 Å². The van der Waals surface area contributed by atoms with E-state index in [1.54, 1.807) is 19.1 Å². The molecule has 0 saturated heterocycles. The molecule has 0 aromatic heterocycles. The number of hydrogen-bond donors (Lipinski definition) is 1. The van der Waals surface area contributed by atoms with E-state index in [2.05, 4.69) is 36.6 Å². The van der Waals surface area contributed by atoms with Crippen molar-refractivity contribution < 1.29 is 4.74 Å². The van der Waals surface area contributed by atoms with Crippen molar-refractivity contribution in [2.75, 3.05) is 14.2 Å². The van der Waals surface area contributed by atoms with Crippen LogP contribution >= 0.6 is 43.8 Å². The van der Waals surface area contributed by atoms with Crippen LogP contribution in [0.3, 0.4) is 0 Å². The van der Waals surface area contributed by atoms with E-state index >= 15 is 0 Å². The summed E-state index contributed by atoms with van der Waals surface area (Å²) in [5.74, 6) is 0.834. The van der Waals surface area contributed by atoms with Crippen LogP contribution < -0.4 is 9.46 Å². The maximum absolute atomic E-state index is 5.18. The summed E-state index contributed by atoms with van der Waals surface area (Å²) in [4.78, 5) is 1.10. The Morgan fingerprint density at radius 3 is 2.54 bits per heavy atom. The van der Waals surface area contributed by atoms with Gasteiger partial charge in [-0.2, -0.15) is 0 Å². The van der Waals surface area contributed by atoms with Crippen LogP contribution in [-0.2, 0) is 0 Å². The van der Waals surface area contributed by atoms with E-state index in [1.807, 2.05) is 19.2 Å². The molecule has 1 aromatic rings. The first-order valence-electron chi connectivity index (χ1n) is 3.55. The highest BCUT2D eigenvalue weighted by Gasteiger charge is 2.06. The van der Waals surface area contributed by atoms with E-state index in [9.17, 15) is 0 Å². The van der Waals surface area contributed by atoms with Crippen molar-refractivity contribution >= 4 is 43.8 Å². The minimum atomic E-state index is 0.834. The maximum atomic E-state index is 5.18. The summed E-state index contributed by atoms with van der Waals surface area (Å²) in [6.45, 7) is 0. The lowest BCUT2D eigenvalue weighted by Gasteiger charge is -2.07. The summed E-state index contributed by atoms with van der Waals surface area (Å²) in [6, 6.07) is 3.94. The van der Waals surface area contributed by atoms with E-state index in [-0.39, 0.29) is 0 Å². The van der Waals surface area contributed by atoms with Gasteiger partial charge in [-0.05, 0) is 63.0 Å². The summed E-state index contributed by atoms with van der Waals surface area (Å²) in [6.07, 6.45) is 0. The molecule has 0 fully saturated rings. The van der Waals surface area contributed by atoms with Gasteiger partial charge in [0.1, 0.15) is 5.75 Å². The summed E-state index contributed by atoms with van der Waals surface area (Å²) in [5, 5.41) is 0. The molecule has 5 heteroatoms. The third kappa shape index (κ3) is 2.87. The molecule has 0 aliphatic rings. The van der Waals surface area contributed by atoms with Crippen molar-refractivity contribution in [3.63, 3.8) is 0 Å². The van der Waals surface area contributed by atoms with Crippen molar-refractivity contribution in [1.29, 1.82) is 0 Å².